The van der Waals surface area contributed by atoms with E-state index in [1.165, 1.54) is 33.0 Å². The molecular formula is C25H31N. The molecule has 0 aliphatic rings. The van der Waals surface area contributed by atoms with Crippen molar-refractivity contribution in [3.8, 4) is 11.1 Å². The van der Waals surface area contributed by atoms with Gasteiger partial charge >= 0.3 is 0 Å². The Morgan fingerprint density at radius 1 is 0.846 bits per heavy atom. The lowest BCUT2D eigenvalue weighted by Crippen LogP contribution is -2.17. The molecule has 3 rings (SSSR count). The minimum absolute atomic E-state index is 0.179. The Morgan fingerprint density at radius 2 is 1.50 bits per heavy atom. The fourth-order valence-corrected chi connectivity index (χ4v) is 3.56. The number of hydrogen-bond donors (Lipinski definition) is 1. The topological polar surface area (TPSA) is 26.0 Å². The SMILES string of the molecule is CC(CN)C(C)c1cc(-c2ccc(C(C)(C)C)cc2)cc2ccccc12. The average Bonchev–Trinajstić information content (AvgIpc) is 2.65. The lowest BCUT2D eigenvalue weighted by molar-refractivity contribution is 0.501. The number of benzene rings is 3. The van der Waals surface area contributed by atoms with Gasteiger partial charge in [0.25, 0.3) is 0 Å². The third kappa shape index (κ3) is 3.68. The summed E-state index contributed by atoms with van der Waals surface area (Å²) >= 11 is 0. The normalized spacial score (nSPS) is 14.4. The summed E-state index contributed by atoms with van der Waals surface area (Å²) in [6.07, 6.45) is 0. The molecule has 0 heterocycles. The Labute approximate surface area is 158 Å². The Hall–Kier alpha value is -2.12. The summed E-state index contributed by atoms with van der Waals surface area (Å²) < 4.78 is 0. The maximum Gasteiger partial charge on any atom is -0.00458 e. The Kier molecular flexibility index (Phi) is 5.20. The molecule has 0 saturated carbocycles. The Bertz CT molecular complexity index is 884. The van der Waals surface area contributed by atoms with Crippen molar-refractivity contribution >= 4 is 10.8 Å². The molecule has 0 amide bonds. The molecule has 0 aromatic heterocycles. The van der Waals surface area contributed by atoms with Gasteiger partial charge in [0.15, 0.2) is 0 Å². The molecule has 3 aromatic rings. The van der Waals surface area contributed by atoms with Crippen molar-refractivity contribution in [2.45, 2.75) is 46.0 Å². The van der Waals surface area contributed by atoms with Crippen LogP contribution in [0.5, 0.6) is 0 Å². The standard InChI is InChI=1S/C25H31N/c1-17(16-26)18(2)24-15-21(14-20-8-6-7-9-23(20)24)19-10-12-22(13-11-19)25(3,4)5/h6-15,17-18H,16,26H2,1-5H3. The van der Waals surface area contributed by atoms with Crippen molar-refractivity contribution in [2.75, 3.05) is 6.54 Å². The van der Waals surface area contributed by atoms with E-state index in [1.54, 1.807) is 0 Å². The number of nitrogens with two attached hydrogens (primary N) is 1. The molecular weight excluding hydrogens is 314 g/mol. The van der Waals surface area contributed by atoms with E-state index in [0.29, 0.717) is 18.4 Å². The quantitative estimate of drug-likeness (QED) is 0.573. The van der Waals surface area contributed by atoms with Gasteiger partial charge in [-0.3, -0.25) is 0 Å². The molecule has 0 saturated heterocycles. The van der Waals surface area contributed by atoms with Crippen molar-refractivity contribution in [1.82, 2.24) is 0 Å². The van der Waals surface area contributed by atoms with Crippen LogP contribution in [0.3, 0.4) is 0 Å². The van der Waals surface area contributed by atoms with Gasteiger partial charge in [-0.15, -0.1) is 0 Å². The van der Waals surface area contributed by atoms with Gasteiger partial charge in [-0.2, -0.15) is 0 Å². The molecule has 0 bridgehead atoms. The number of hydrogen-bond acceptors (Lipinski definition) is 1. The molecule has 26 heavy (non-hydrogen) atoms. The smallest absolute Gasteiger partial charge is 0.00458 e. The van der Waals surface area contributed by atoms with Crippen LogP contribution in [0.4, 0.5) is 0 Å². The first-order valence-electron chi connectivity index (χ1n) is 9.65. The van der Waals surface area contributed by atoms with Crippen molar-refractivity contribution in [3.05, 3.63) is 71.8 Å². The third-order valence-electron chi connectivity index (χ3n) is 5.69. The van der Waals surface area contributed by atoms with E-state index in [4.69, 9.17) is 5.73 Å². The Morgan fingerprint density at radius 3 is 2.12 bits per heavy atom. The summed E-state index contributed by atoms with van der Waals surface area (Å²) in [5, 5.41) is 2.64. The van der Waals surface area contributed by atoms with Crippen LogP contribution in [-0.4, -0.2) is 6.54 Å². The Balaban J connectivity index is 2.12. The van der Waals surface area contributed by atoms with E-state index >= 15 is 0 Å². The minimum Gasteiger partial charge on any atom is -0.330 e. The zero-order valence-electron chi connectivity index (χ0n) is 16.7. The number of rotatable bonds is 4. The van der Waals surface area contributed by atoms with Crippen molar-refractivity contribution in [3.63, 3.8) is 0 Å². The second-order valence-electron chi connectivity index (χ2n) is 8.62. The van der Waals surface area contributed by atoms with E-state index in [2.05, 4.69) is 95.3 Å². The van der Waals surface area contributed by atoms with Crippen LogP contribution < -0.4 is 5.73 Å². The first-order chi connectivity index (χ1) is 12.3. The van der Waals surface area contributed by atoms with Crippen molar-refractivity contribution in [2.24, 2.45) is 11.7 Å². The van der Waals surface area contributed by atoms with Gasteiger partial charge in [-0.1, -0.05) is 89.2 Å². The molecule has 0 radical (unpaired) electrons. The van der Waals surface area contributed by atoms with Gasteiger partial charge in [0.05, 0.1) is 0 Å². The van der Waals surface area contributed by atoms with Crippen molar-refractivity contribution < 1.29 is 0 Å². The molecule has 3 aromatic carbocycles. The molecule has 1 heteroatoms. The van der Waals surface area contributed by atoms with Crippen LogP contribution in [0, 0.1) is 5.92 Å². The zero-order valence-corrected chi connectivity index (χ0v) is 16.7. The summed E-state index contributed by atoms with van der Waals surface area (Å²) in [6.45, 7) is 12.0. The second kappa shape index (κ2) is 7.25. The fourth-order valence-electron chi connectivity index (χ4n) is 3.56. The van der Waals surface area contributed by atoms with Gasteiger partial charge in [0.2, 0.25) is 0 Å². The lowest BCUT2D eigenvalue weighted by atomic mass is 9.83. The molecule has 0 fully saturated rings. The summed E-state index contributed by atoms with van der Waals surface area (Å²) in [6, 6.07) is 22.4. The van der Waals surface area contributed by atoms with E-state index in [-0.39, 0.29) is 5.41 Å². The van der Waals surface area contributed by atoms with Crippen LogP contribution in [-0.2, 0) is 5.41 Å². The first-order valence-corrected chi connectivity index (χ1v) is 9.65. The van der Waals surface area contributed by atoms with Crippen LogP contribution >= 0.6 is 0 Å². The molecule has 0 spiro atoms. The summed E-state index contributed by atoms with van der Waals surface area (Å²) in [4.78, 5) is 0. The predicted molar refractivity (Wildman–Crippen MR) is 115 cm³/mol. The zero-order chi connectivity index (χ0) is 18.9. The van der Waals surface area contributed by atoms with Crippen LogP contribution in [0.25, 0.3) is 21.9 Å². The molecule has 2 N–H and O–H groups in total. The van der Waals surface area contributed by atoms with Crippen molar-refractivity contribution in [1.29, 1.82) is 0 Å². The monoisotopic (exact) mass is 345 g/mol. The van der Waals surface area contributed by atoms with Gasteiger partial charge < -0.3 is 5.73 Å². The lowest BCUT2D eigenvalue weighted by Gasteiger charge is -2.22. The van der Waals surface area contributed by atoms with E-state index in [1.807, 2.05) is 0 Å². The van der Waals surface area contributed by atoms with E-state index < -0.39 is 0 Å². The highest BCUT2D eigenvalue weighted by molar-refractivity contribution is 5.90. The third-order valence-corrected chi connectivity index (χ3v) is 5.69. The molecule has 0 aliphatic heterocycles. The fraction of sp³-hybridized carbons (Fsp3) is 0.360. The van der Waals surface area contributed by atoms with Crippen LogP contribution in [0.2, 0.25) is 0 Å². The average molecular weight is 346 g/mol. The maximum atomic E-state index is 5.96. The van der Waals surface area contributed by atoms with Gasteiger partial charge in [-0.05, 0) is 62.9 Å². The molecule has 2 atom stereocenters. The van der Waals surface area contributed by atoms with Gasteiger partial charge in [0, 0.05) is 0 Å². The summed E-state index contributed by atoms with van der Waals surface area (Å²) in [5.41, 5.74) is 11.5. The highest BCUT2D eigenvalue weighted by Crippen LogP contribution is 2.35. The van der Waals surface area contributed by atoms with Gasteiger partial charge in [-0.25, -0.2) is 0 Å². The van der Waals surface area contributed by atoms with Crippen LogP contribution in [0.1, 0.15) is 51.7 Å². The second-order valence-corrected chi connectivity index (χ2v) is 8.62. The first kappa shape index (κ1) is 18.7. The molecule has 136 valence electrons. The predicted octanol–water partition coefficient (Wildman–Crippen LogP) is 6.50. The highest BCUT2D eigenvalue weighted by atomic mass is 14.5. The summed E-state index contributed by atoms with van der Waals surface area (Å²) in [5.74, 6) is 0.885. The maximum absolute atomic E-state index is 5.96. The largest absolute Gasteiger partial charge is 0.330 e. The van der Waals surface area contributed by atoms with Crippen LogP contribution in [0.15, 0.2) is 60.7 Å². The molecule has 2 unspecified atom stereocenters. The number of fused-ring (bicyclic) bond motifs is 1. The van der Waals surface area contributed by atoms with E-state index in [9.17, 15) is 0 Å². The molecule has 1 nitrogen and oxygen atoms in total. The summed E-state index contributed by atoms with van der Waals surface area (Å²) in [7, 11) is 0. The minimum atomic E-state index is 0.179. The molecule has 0 aliphatic carbocycles. The van der Waals surface area contributed by atoms with E-state index in [0.717, 1.165) is 0 Å². The van der Waals surface area contributed by atoms with Gasteiger partial charge in [0.1, 0.15) is 0 Å². The highest BCUT2D eigenvalue weighted by Gasteiger charge is 2.17.